The second-order valence-corrected chi connectivity index (χ2v) is 4.11. The Morgan fingerprint density at radius 3 is 2.59 bits per heavy atom. The van der Waals surface area contributed by atoms with Crippen LogP contribution in [0.4, 0.5) is 13.6 Å². The predicted molar refractivity (Wildman–Crippen MR) is 54.5 cm³/mol. The van der Waals surface area contributed by atoms with E-state index in [9.17, 15) is 18.7 Å². The Balaban J connectivity index is 2.27. The number of nitrogens with zero attached hydrogens (tertiary/aromatic N) is 1. The lowest BCUT2D eigenvalue weighted by molar-refractivity contribution is 0.0455. The van der Waals surface area contributed by atoms with Crippen molar-refractivity contribution in [1.82, 2.24) is 4.90 Å². The van der Waals surface area contributed by atoms with E-state index in [0.29, 0.717) is 0 Å². The number of carboxylic acid groups (broad SMARTS) is 1. The standard InChI is InChI=1S/C11H11F2NO3/c12-8-2-1-7(5-9(8)13)11(17)3-4-14(6-11)10(15)16/h1-2,5,17H,3-4,6H2,(H,15,16). The van der Waals surface area contributed by atoms with Crippen LogP contribution in [0, 0.1) is 11.6 Å². The molecule has 2 rings (SSSR count). The van der Waals surface area contributed by atoms with Crippen LogP contribution in [0.2, 0.25) is 0 Å². The molecule has 2 N–H and O–H groups in total. The molecular formula is C11H11F2NO3. The molecule has 1 amide bonds. The zero-order chi connectivity index (χ0) is 12.6. The Hall–Kier alpha value is -1.69. The largest absolute Gasteiger partial charge is 0.465 e. The monoisotopic (exact) mass is 243 g/mol. The van der Waals surface area contributed by atoms with Gasteiger partial charge in [0.15, 0.2) is 11.6 Å². The van der Waals surface area contributed by atoms with Crippen molar-refractivity contribution in [3.8, 4) is 0 Å². The van der Waals surface area contributed by atoms with Gasteiger partial charge in [-0.05, 0) is 24.1 Å². The molecule has 0 radical (unpaired) electrons. The molecule has 6 heteroatoms. The Kier molecular flexibility index (Phi) is 2.74. The molecule has 1 aromatic carbocycles. The number of benzene rings is 1. The maximum absolute atomic E-state index is 13.0. The molecule has 1 fully saturated rings. The van der Waals surface area contributed by atoms with E-state index in [1.54, 1.807) is 0 Å². The topological polar surface area (TPSA) is 60.8 Å². The molecule has 1 heterocycles. The van der Waals surface area contributed by atoms with Crippen molar-refractivity contribution in [3.63, 3.8) is 0 Å². The molecule has 1 aliphatic heterocycles. The highest BCUT2D eigenvalue weighted by molar-refractivity contribution is 5.65. The number of rotatable bonds is 1. The van der Waals surface area contributed by atoms with Crippen LogP contribution >= 0.6 is 0 Å². The van der Waals surface area contributed by atoms with Crippen LogP contribution in [0.3, 0.4) is 0 Å². The molecule has 0 bridgehead atoms. The molecule has 0 aliphatic carbocycles. The first-order chi connectivity index (χ1) is 7.92. The maximum Gasteiger partial charge on any atom is 0.407 e. The lowest BCUT2D eigenvalue weighted by atomic mass is 9.93. The highest BCUT2D eigenvalue weighted by atomic mass is 19.2. The lowest BCUT2D eigenvalue weighted by Gasteiger charge is -2.23. The number of aliphatic hydroxyl groups is 1. The Labute approximate surface area is 96.1 Å². The Morgan fingerprint density at radius 2 is 2.06 bits per heavy atom. The van der Waals surface area contributed by atoms with E-state index in [0.717, 1.165) is 17.0 Å². The fraction of sp³-hybridized carbons (Fsp3) is 0.364. The molecule has 1 aliphatic rings. The van der Waals surface area contributed by atoms with Crippen molar-refractivity contribution < 1.29 is 23.8 Å². The van der Waals surface area contributed by atoms with E-state index >= 15 is 0 Å². The summed E-state index contributed by atoms with van der Waals surface area (Å²) in [6.07, 6.45) is -0.965. The van der Waals surface area contributed by atoms with Gasteiger partial charge in [-0.3, -0.25) is 0 Å². The predicted octanol–water partition coefficient (Wildman–Crippen LogP) is 1.54. The zero-order valence-electron chi connectivity index (χ0n) is 8.86. The van der Waals surface area contributed by atoms with Crippen molar-refractivity contribution in [2.24, 2.45) is 0 Å². The van der Waals surface area contributed by atoms with Crippen LogP contribution in [0.15, 0.2) is 18.2 Å². The fourth-order valence-electron chi connectivity index (χ4n) is 1.98. The summed E-state index contributed by atoms with van der Waals surface area (Å²) < 4.78 is 25.8. The van der Waals surface area contributed by atoms with Gasteiger partial charge in [-0.25, -0.2) is 13.6 Å². The molecule has 1 unspecified atom stereocenters. The number of hydrogen-bond donors (Lipinski definition) is 2. The average molecular weight is 243 g/mol. The van der Waals surface area contributed by atoms with Crippen molar-refractivity contribution in [3.05, 3.63) is 35.4 Å². The summed E-state index contributed by atoms with van der Waals surface area (Å²) in [5, 5.41) is 19.0. The van der Waals surface area contributed by atoms with Gasteiger partial charge >= 0.3 is 6.09 Å². The number of hydrogen-bond acceptors (Lipinski definition) is 2. The fourth-order valence-corrected chi connectivity index (χ4v) is 1.98. The van der Waals surface area contributed by atoms with Crippen molar-refractivity contribution in [2.45, 2.75) is 12.0 Å². The highest BCUT2D eigenvalue weighted by Crippen LogP contribution is 2.32. The van der Waals surface area contributed by atoms with Gasteiger partial charge in [0, 0.05) is 6.54 Å². The minimum atomic E-state index is -1.44. The molecule has 0 aromatic heterocycles. The van der Waals surface area contributed by atoms with Crippen molar-refractivity contribution in [1.29, 1.82) is 0 Å². The van der Waals surface area contributed by atoms with Gasteiger partial charge in [-0.1, -0.05) is 6.07 Å². The molecular weight excluding hydrogens is 232 g/mol. The maximum atomic E-state index is 13.0. The number of likely N-dealkylation sites (tertiary alicyclic amines) is 1. The average Bonchev–Trinajstić information content (AvgIpc) is 2.66. The van der Waals surface area contributed by atoms with Gasteiger partial charge < -0.3 is 15.1 Å². The van der Waals surface area contributed by atoms with Gasteiger partial charge in [0.2, 0.25) is 0 Å². The molecule has 0 spiro atoms. The van der Waals surface area contributed by atoms with E-state index in [4.69, 9.17) is 5.11 Å². The van der Waals surface area contributed by atoms with Crippen LogP contribution in [0.25, 0.3) is 0 Å². The van der Waals surface area contributed by atoms with Crippen molar-refractivity contribution in [2.75, 3.05) is 13.1 Å². The number of halogens is 2. The van der Waals surface area contributed by atoms with Gasteiger partial charge in [-0.2, -0.15) is 0 Å². The molecule has 17 heavy (non-hydrogen) atoms. The minimum Gasteiger partial charge on any atom is -0.465 e. The van der Waals surface area contributed by atoms with Crippen molar-refractivity contribution >= 4 is 6.09 Å². The zero-order valence-corrected chi connectivity index (χ0v) is 8.86. The van der Waals surface area contributed by atoms with Crippen LogP contribution < -0.4 is 0 Å². The smallest absolute Gasteiger partial charge is 0.407 e. The molecule has 92 valence electrons. The third-order valence-electron chi connectivity index (χ3n) is 2.98. The normalized spacial score (nSPS) is 24.1. The van der Waals surface area contributed by atoms with Crippen LogP contribution in [0.5, 0.6) is 0 Å². The summed E-state index contributed by atoms with van der Waals surface area (Å²) in [4.78, 5) is 11.8. The Morgan fingerprint density at radius 1 is 1.35 bits per heavy atom. The van der Waals surface area contributed by atoms with Gasteiger partial charge in [0.05, 0.1) is 6.54 Å². The van der Waals surface area contributed by atoms with Crippen LogP contribution in [0.1, 0.15) is 12.0 Å². The number of carbonyl (C=O) groups is 1. The summed E-state index contributed by atoms with van der Waals surface area (Å²) in [6.45, 7) is 0.0399. The van der Waals surface area contributed by atoms with Gasteiger partial charge in [-0.15, -0.1) is 0 Å². The van der Waals surface area contributed by atoms with E-state index in [1.165, 1.54) is 6.07 Å². The third kappa shape index (κ3) is 2.08. The van der Waals surface area contributed by atoms with E-state index in [-0.39, 0.29) is 25.1 Å². The summed E-state index contributed by atoms with van der Waals surface area (Å²) in [7, 11) is 0. The second kappa shape index (κ2) is 3.96. The molecule has 1 atom stereocenters. The molecule has 1 saturated heterocycles. The summed E-state index contributed by atoms with van der Waals surface area (Å²) >= 11 is 0. The first-order valence-electron chi connectivity index (χ1n) is 5.08. The molecule has 0 saturated carbocycles. The number of β-amino-alcohol motifs (C(OH)–C–C–N with tert-alkyl or cyclic N) is 1. The summed E-state index contributed by atoms with van der Waals surface area (Å²) in [5.41, 5.74) is -1.24. The van der Waals surface area contributed by atoms with E-state index < -0.39 is 23.3 Å². The quantitative estimate of drug-likeness (QED) is 0.786. The van der Waals surface area contributed by atoms with Gasteiger partial charge in [0.25, 0.3) is 0 Å². The lowest BCUT2D eigenvalue weighted by Crippen LogP contribution is -2.33. The molecule has 4 nitrogen and oxygen atoms in total. The second-order valence-electron chi connectivity index (χ2n) is 4.11. The first-order valence-corrected chi connectivity index (χ1v) is 5.08. The first kappa shape index (κ1) is 11.8. The highest BCUT2D eigenvalue weighted by Gasteiger charge is 2.40. The van der Waals surface area contributed by atoms with E-state index in [2.05, 4.69) is 0 Å². The van der Waals surface area contributed by atoms with Crippen LogP contribution in [-0.4, -0.2) is 34.3 Å². The minimum absolute atomic E-state index is 0.132. The Bertz CT molecular complexity index is 466. The van der Waals surface area contributed by atoms with Crippen LogP contribution in [-0.2, 0) is 5.60 Å². The summed E-state index contributed by atoms with van der Waals surface area (Å²) in [6, 6.07) is 3.09. The SMILES string of the molecule is O=C(O)N1CCC(O)(c2ccc(F)c(F)c2)C1. The summed E-state index contributed by atoms with van der Waals surface area (Å²) in [5.74, 6) is -2.05. The van der Waals surface area contributed by atoms with Gasteiger partial charge in [0.1, 0.15) is 5.60 Å². The molecule has 1 aromatic rings. The number of amides is 1. The van der Waals surface area contributed by atoms with E-state index in [1.807, 2.05) is 0 Å². The third-order valence-corrected chi connectivity index (χ3v) is 2.98.